The second-order valence-electron chi connectivity index (χ2n) is 4.66. The van der Waals surface area contributed by atoms with Crippen molar-refractivity contribution in [2.24, 2.45) is 0 Å². The molecule has 0 saturated carbocycles. The minimum absolute atomic E-state index is 0.203. The van der Waals surface area contributed by atoms with Crippen LogP contribution in [-0.4, -0.2) is 29.8 Å². The molecular weight excluding hydrogens is 285 g/mol. The van der Waals surface area contributed by atoms with Crippen molar-refractivity contribution in [3.05, 3.63) is 29.8 Å². The lowest BCUT2D eigenvalue weighted by atomic mass is 10.1. The third kappa shape index (κ3) is 4.92. The predicted octanol–water partition coefficient (Wildman–Crippen LogP) is 3.44. The largest absolute Gasteiger partial charge is 0.494 e. The lowest BCUT2D eigenvalue weighted by Gasteiger charge is -2.25. The molecular formula is C14H19Cl2NO2. The van der Waals surface area contributed by atoms with Gasteiger partial charge in [-0.3, -0.25) is 4.79 Å². The molecule has 5 heteroatoms. The molecule has 19 heavy (non-hydrogen) atoms. The van der Waals surface area contributed by atoms with Crippen LogP contribution >= 0.6 is 23.2 Å². The molecule has 0 radical (unpaired) electrons. The summed E-state index contributed by atoms with van der Waals surface area (Å²) in [4.78, 5) is 12.1. The van der Waals surface area contributed by atoms with E-state index in [4.69, 9.17) is 27.9 Å². The fourth-order valence-corrected chi connectivity index (χ4v) is 1.82. The Labute approximate surface area is 124 Å². The molecule has 0 aliphatic rings. The van der Waals surface area contributed by atoms with Gasteiger partial charge in [0, 0.05) is 17.3 Å². The average Bonchev–Trinajstić information content (AvgIpc) is 2.45. The maximum absolute atomic E-state index is 12.1. The number of ether oxygens (including phenoxy) is 1. The topological polar surface area (TPSA) is 38.3 Å². The van der Waals surface area contributed by atoms with Crippen LogP contribution < -0.4 is 10.1 Å². The van der Waals surface area contributed by atoms with Gasteiger partial charge in [0.2, 0.25) is 0 Å². The van der Waals surface area contributed by atoms with Crippen LogP contribution in [0.15, 0.2) is 24.3 Å². The Morgan fingerprint density at radius 3 is 2.63 bits per heavy atom. The number of halogens is 2. The standard InChI is InChI=1S/C14H19Cl2NO2/c1-3-7-19-12-6-4-5-11(8-12)13(18)17-14(2,9-15)10-16/h4-6,8H,3,7,9-10H2,1-2H3,(H,17,18). The molecule has 0 aliphatic heterocycles. The van der Waals surface area contributed by atoms with E-state index in [2.05, 4.69) is 5.32 Å². The van der Waals surface area contributed by atoms with Crippen molar-refractivity contribution < 1.29 is 9.53 Å². The van der Waals surface area contributed by atoms with Gasteiger partial charge >= 0.3 is 0 Å². The van der Waals surface area contributed by atoms with Crippen molar-refractivity contribution >= 4 is 29.1 Å². The van der Waals surface area contributed by atoms with E-state index < -0.39 is 5.54 Å². The number of hydrogen-bond donors (Lipinski definition) is 1. The molecule has 1 amide bonds. The van der Waals surface area contributed by atoms with Crippen molar-refractivity contribution in [3.8, 4) is 5.75 Å². The fraction of sp³-hybridized carbons (Fsp3) is 0.500. The molecule has 0 heterocycles. The van der Waals surface area contributed by atoms with Gasteiger partial charge in [0.15, 0.2) is 0 Å². The number of amides is 1. The van der Waals surface area contributed by atoms with Crippen LogP contribution in [-0.2, 0) is 0 Å². The summed E-state index contributed by atoms with van der Waals surface area (Å²) in [5.41, 5.74) is -0.0735. The number of rotatable bonds is 7. The Kier molecular flexibility index (Phi) is 6.46. The first-order valence-corrected chi connectivity index (χ1v) is 7.29. The molecule has 0 unspecified atom stereocenters. The zero-order valence-corrected chi connectivity index (χ0v) is 12.7. The second kappa shape index (κ2) is 7.61. The summed E-state index contributed by atoms with van der Waals surface area (Å²) < 4.78 is 5.50. The van der Waals surface area contributed by atoms with Crippen LogP contribution in [0.25, 0.3) is 0 Å². The van der Waals surface area contributed by atoms with Crippen molar-refractivity contribution in [3.63, 3.8) is 0 Å². The molecule has 1 aromatic rings. The highest BCUT2D eigenvalue weighted by Gasteiger charge is 2.24. The number of alkyl halides is 2. The van der Waals surface area contributed by atoms with Gasteiger partial charge in [-0.15, -0.1) is 23.2 Å². The Morgan fingerprint density at radius 2 is 2.05 bits per heavy atom. The summed E-state index contributed by atoms with van der Waals surface area (Å²) >= 11 is 11.6. The number of carbonyl (C=O) groups excluding carboxylic acids is 1. The number of hydrogen-bond acceptors (Lipinski definition) is 2. The number of nitrogens with one attached hydrogen (secondary N) is 1. The minimum Gasteiger partial charge on any atom is -0.494 e. The van der Waals surface area contributed by atoms with Crippen LogP contribution in [0, 0.1) is 0 Å². The molecule has 3 nitrogen and oxygen atoms in total. The number of benzene rings is 1. The van der Waals surface area contributed by atoms with Crippen molar-refractivity contribution in [2.45, 2.75) is 25.8 Å². The van der Waals surface area contributed by atoms with Crippen LogP contribution in [0.5, 0.6) is 5.75 Å². The first-order chi connectivity index (χ1) is 9.04. The van der Waals surface area contributed by atoms with Crippen LogP contribution in [0.4, 0.5) is 0 Å². The van der Waals surface area contributed by atoms with Gasteiger partial charge in [-0.25, -0.2) is 0 Å². The Balaban J connectivity index is 2.76. The van der Waals surface area contributed by atoms with Gasteiger partial charge in [0.05, 0.1) is 12.1 Å². The van der Waals surface area contributed by atoms with E-state index in [1.165, 1.54) is 0 Å². The third-order valence-electron chi connectivity index (χ3n) is 2.57. The van der Waals surface area contributed by atoms with E-state index in [1.807, 2.05) is 19.9 Å². The maximum Gasteiger partial charge on any atom is 0.251 e. The summed E-state index contributed by atoms with van der Waals surface area (Å²) in [5.74, 6) is 1.00. The predicted molar refractivity (Wildman–Crippen MR) is 79.5 cm³/mol. The van der Waals surface area contributed by atoms with Crippen molar-refractivity contribution in [2.75, 3.05) is 18.4 Å². The van der Waals surface area contributed by atoms with Gasteiger partial charge in [-0.2, -0.15) is 0 Å². The zero-order chi connectivity index (χ0) is 14.3. The molecule has 0 aromatic heterocycles. The molecule has 0 saturated heterocycles. The zero-order valence-electron chi connectivity index (χ0n) is 11.2. The van der Waals surface area contributed by atoms with Crippen molar-refractivity contribution in [1.29, 1.82) is 0 Å². The van der Waals surface area contributed by atoms with Crippen LogP contribution in [0.3, 0.4) is 0 Å². The molecule has 1 rings (SSSR count). The number of carbonyl (C=O) groups is 1. The third-order valence-corrected chi connectivity index (χ3v) is 3.75. The normalized spacial score (nSPS) is 11.2. The second-order valence-corrected chi connectivity index (χ2v) is 5.19. The fourth-order valence-electron chi connectivity index (χ4n) is 1.40. The summed E-state index contributed by atoms with van der Waals surface area (Å²) in [7, 11) is 0. The SMILES string of the molecule is CCCOc1cccc(C(=O)NC(C)(CCl)CCl)c1. The first kappa shape index (κ1) is 16.1. The average molecular weight is 304 g/mol. The summed E-state index contributed by atoms with van der Waals surface area (Å²) in [6.45, 7) is 4.47. The van der Waals surface area contributed by atoms with E-state index in [0.717, 1.165) is 6.42 Å². The summed E-state index contributed by atoms with van der Waals surface area (Å²) in [6.07, 6.45) is 0.924. The van der Waals surface area contributed by atoms with E-state index >= 15 is 0 Å². The quantitative estimate of drug-likeness (QED) is 0.784. The summed E-state index contributed by atoms with van der Waals surface area (Å²) in [5, 5.41) is 2.83. The highest BCUT2D eigenvalue weighted by molar-refractivity contribution is 6.22. The first-order valence-electron chi connectivity index (χ1n) is 6.22. The molecule has 0 atom stereocenters. The molecule has 1 N–H and O–H groups in total. The van der Waals surface area contributed by atoms with E-state index in [9.17, 15) is 4.79 Å². The van der Waals surface area contributed by atoms with E-state index in [-0.39, 0.29) is 17.7 Å². The van der Waals surface area contributed by atoms with Crippen molar-refractivity contribution in [1.82, 2.24) is 5.32 Å². The highest BCUT2D eigenvalue weighted by atomic mass is 35.5. The molecule has 0 fully saturated rings. The van der Waals surface area contributed by atoms with E-state index in [1.54, 1.807) is 18.2 Å². The van der Waals surface area contributed by atoms with Crippen LogP contribution in [0.1, 0.15) is 30.6 Å². The minimum atomic E-state index is -0.611. The lowest BCUT2D eigenvalue weighted by molar-refractivity contribution is 0.0921. The molecule has 0 spiro atoms. The van der Waals surface area contributed by atoms with E-state index in [0.29, 0.717) is 17.9 Å². The molecule has 0 aliphatic carbocycles. The lowest BCUT2D eigenvalue weighted by Crippen LogP contribution is -2.49. The van der Waals surface area contributed by atoms with Gasteiger partial charge in [-0.1, -0.05) is 13.0 Å². The van der Waals surface area contributed by atoms with Gasteiger partial charge < -0.3 is 10.1 Å². The smallest absolute Gasteiger partial charge is 0.251 e. The highest BCUT2D eigenvalue weighted by Crippen LogP contribution is 2.15. The molecule has 1 aromatic carbocycles. The van der Waals surface area contributed by atoms with Gasteiger partial charge in [0.25, 0.3) is 5.91 Å². The Morgan fingerprint density at radius 1 is 1.37 bits per heavy atom. The van der Waals surface area contributed by atoms with Gasteiger partial charge in [0.1, 0.15) is 5.75 Å². The van der Waals surface area contributed by atoms with Crippen LogP contribution in [0.2, 0.25) is 0 Å². The Bertz CT molecular complexity index is 420. The molecule has 0 bridgehead atoms. The molecule has 106 valence electrons. The maximum atomic E-state index is 12.1. The Hall–Kier alpha value is -0.930. The monoisotopic (exact) mass is 303 g/mol. The summed E-state index contributed by atoms with van der Waals surface area (Å²) in [6, 6.07) is 7.07. The van der Waals surface area contributed by atoms with Gasteiger partial charge in [-0.05, 0) is 31.5 Å².